The number of hydrogen-bond acceptors (Lipinski definition) is 10. The molecule has 2 aromatic rings. The Hall–Kier alpha value is -2.23. The Kier molecular flexibility index (Phi) is 10.6. The van der Waals surface area contributed by atoms with Crippen LogP contribution in [0.15, 0.2) is 60.7 Å². The number of likely N-dealkylation sites (N-methyl/N-ethyl adjacent to an activating group) is 1. The maximum absolute atomic E-state index is 12.3. The van der Waals surface area contributed by atoms with Gasteiger partial charge in [0.05, 0.1) is 18.8 Å². The SMILES string of the molecule is CO[C@@H]1O[C@H]([C@@H](O)[C@@H](C(=O)O)N(C)C[C@H](O)[C@H](N)CO[Si](c2ccccc2)(c2ccccc2)C(C)(C)C)[C@H]2OCO[C@@H]12. The average Bonchev–Trinajstić information content (AvgIpc) is 3.56. The summed E-state index contributed by atoms with van der Waals surface area (Å²) in [4.78, 5) is 13.7. The number of benzene rings is 2. The van der Waals surface area contributed by atoms with E-state index >= 15 is 0 Å². The third-order valence-electron chi connectivity index (χ3n) is 8.23. The summed E-state index contributed by atoms with van der Waals surface area (Å²) in [6.07, 6.45) is -5.72. The van der Waals surface area contributed by atoms with Crippen molar-refractivity contribution in [1.82, 2.24) is 4.90 Å². The number of nitrogens with zero attached hydrogens (tertiary/aromatic N) is 1. The van der Waals surface area contributed by atoms with Gasteiger partial charge in [0.1, 0.15) is 37.3 Å². The number of nitrogens with two attached hydrogens (primary N) is 1. The van der Waals surface area contributed by atoms with Gasteiger partial charge in [0, 0.05) is 13.7 Å². The van der Waals surface area contributed by atoms with Crippen LogP contribution in [-0.2, 0) is 28.2 Å². The minimum Gasteiger partial charge on any atom is -0.480 e. The van der Waals surface area contributed by atoms with E-state index in [0.717, 1.165) is 10.4 Å². The Bertz CT molecular complexity index is 1110. The summed E-state index contributed by atoms with van der Waals surface area (Å²) in [6, 6.07) is 17.9. The van der Waals surface area contributed by atoms with Crippen molar-refractivity contribution in [2.24, 2.45) is 5.73 Å². The summed E-state index contributed by atoms with van der Waals surface area (Å²) in [6.45, 7) is 6.35. The number of methoxy groups -OCH3 is 1. The number of carbonyl (C=O) groups is 1. The molecule has 11 nitrogen and oxygen atoms in total. The molecule has 12 heteroatoms. The van der Waals surface area contributed by atoms with Crippen LogP contribution in [0.3, 0.4) is 0 Å². The Labute approximate surface area is 248 Å². The fourth-order valence-corrected chi connectivity index (χ4v) is 10.7. The molecular formula is C30H44N2O9Si. The molecule has 0 spiro atoms. The maximum Gasteiger partial charge on any atom is 0.323 e. The molecular weight excluding hydrogens is 560 g/mol. The van der Waals surface area contributed by atoms with Gasteiger partial charge in [0.2, 0.25) is 0 Å². The zero-order valence-electron chi connectivity index (χ0n) is 24.8. The summed E-state index contributed by atoms with van der Waals surface area (Å²) in [5.41, 5.74) is 6.49. The molecule has 232 valence electrons. The van der Waals surface area contributed by atoms with Crippen molar-refractivity contribution in [3.05, 3.63) is 60.7 Å². The molecule has 2 saturated heterocycles. The van der Waals surface area contributed by atoms with Crippen LogP contribution in [0.25, 0.3) is 0 Å². The average molecular weight is 605 g/mol. The van der Waals surface area contributed by atoms with Crippen LogP contribution >= 0.6 is 0 Å². The fraction of sp³-hybridized carbons (Fsp3) is 0.567. The quantitative estimate of drug-likeness (QED) is 0.231. The summed E-state index contributed by atoms with van der Waals surface area (Å²) in [5.74, 6) is -1.28. The molecule has 42 heavy (non-hydrogen) atoms. The van der Waals surface area contributed by atoms with Gasteiger partial charge in [-0.25, -0.2) is 0 Å². The smallest absolute Gasteiger partial charge is 0.323 e. The van der Waals surface area contributed by atoms with Crippen LogP contribution in [-0.4, -0.2) is 118 Å². The molecule has 0 aromatic heterocycles. The normalized spacial score (nSPS) is 25.6. The molecule has 0 aliphatic carbocycles. The van der Waals surface area contributed by atoms with Gasteiger partial charge >= 0.3 is 5.97 Å². The molecule has 0 saturated carbocycles. The zero-order chi connectivity index (χ0) is 30.7. The van der Waals surface area contributed by atoms with Gasteiger partial charge in [-0.1, -0.05) is 81.4 Å². The molecule has 2 aromatic carbocycles. The number of hydrogen-bond donors (Lipinski definition) is 4. The highest BCUT2D eigenvalue weighted by Gasteiger charge is 2.55. The van der Waals surface area contributed by atoms with Gasteiger partial charge in [0.25, 0.3) is 8.32 Å². The molecule has 2 aliphatic rings. The van der Waals surface area contributed by atoms with Gasteiger partial charge in [-0.2, -0.15) is 0 Å². The van der Waals surface area contributed by atoms with E-state index in [1.54, 1.807) is 0 Å². The summed E-state index contributed by atoms with van der Waals surface area (Å²) in [7, 11) is 0.0541. The summed E-state index contributed by atoms with van der Waals surface area (Å²) >= 11 is 0. The van der Waals surface area contributed by atoms with Crippen LogP contribution in [0.2, 0.25) is 5.04 Å². The van der Waals surface area contributed by atoms with Gasteiger partial charge in [-0.3, -0.25) is 9.69 Å². The number of ether oxygens (including phenoxy) is 4. The molecule has 0 unspecified atom stereocenters. The van der Waals surface area contributed by atoms with Crippen molar-refractivity contribution in [2.45, 2.75) is 74.7 Å². The van der Waals surface area contributed by atoms with Gasteiger partial charge in [-0.05, 0) is 22.5 Å². The molecule has 2 heterocycles. The van der Waals surface area contributed by atoms with Crippen LogP contribution in [0, 0.1) is 0 Å². The van der Waals surface area contributed by atoms with Crippen molar-refractivity contribution in [3.63, 3.8) is 0 Å². The lowest BCUT2D eigenvalue weighted by atomic mass is 9.98. The predicted molar refractivity (Wildman–Crippen MR) is 158 cm³/mol. The Morgan fingerprint density at radius 3 is 2.10 bits per heavy atom. The Balaban J connectivity index is 1.49. The molecule has 5 N–H and O–H groups in total. The third kappa shape index (κ3) is 6.48. The number of aliphatic hydroxyl groups excluding tert-OH is 2. The standard InChI is InChI=1S/C30H44N2O9Si/c1-30(2,3)42(19-12-8-6-9-13-19,20-14-10-7-11-15-20)40-17-21(31)22(33)16-32(4)23(28(35)36)24(34)25-26-27(39-18-38-26)29(37-5)41-25/h6-15,21-27,29,33-34H,16-18,31H2,1-5H3,(H,35,36)/t21-,22+,23+,24+,25-,26-,27-,29-/m1/s1. The van der Waals surface area contributed by atoms with Crippen molar-refractivity contribution in [3.8, 4) is 0 Å². The number of carboxylic acids is 1. The first-order valence-electron chi connectivity index (χ1n) is 14.1. The minimum absolute atomic E-state index is 0.00570. The van der Waals surface area contributed by atoms with E-state index in [-0.39, 0.29) is 25.0 Å². The van der Waals surface area contributed by atoms with Crippen LogP contribution in [0.1, 0.15) is 20.8 Å². The third-order valence-corrected chi connectivity index (χ3v) is 13.2. The molecule has 0 radical (unpaired) electrons. The van der Waals surface area contributed by atoms with Gasteiger partial charge in [0.15, 0.2) is 6.29 Å². The predicted octanol–water partition coefficient (Wildman–Crippen LogP) is 0.110. The lowest BCUT2D eigenvalue weighted by Crippen LogP contribution is -2.67. The molecule has 0 amide bonds. The number of rotatable bonds is 13. The van der Waals surface area contributed by atoms with Gasteiger partial charge < -0.3 is 44.4 Å². The van der Waals surface area contributed by atoms with Crippen LogP contribution in [0.4, 0.5) is 0 Å². The van der Waals surface area contributed by atoms with E-state index < -0.39 is 63.2 Å². The fourth-order valence-electron chi connectivity index (χ4n) is 6.09. The number of carboxylic acid groups (broad SMARTS) is 1. The monoisotopic (exact) mass is 604 g/mol. The van der Waals surface area contributed by atoms with Crippen LogP contribution < -0.4 is 16.1 Å². The first-order chi connectivity index (χ1) is 19.9. The Morgan fingerprint density at radius 1 is 1.05 bits per heavy atom. The first kappa shape index (κ1) is 32.7. The van der Waals surface area contributed by atoms with E-state index in [0.29, 0.717) is 0 Å². The van der Waals surface area contributed by atoms with Crippen LogP contribution in [0.5, 0.6) is 0 Å². The zero-order valence-corrected chi connectivity index (χ0v) is 25.8. The van der Waals surface area contributed by atoms with E-state index in [1.807, 2.05) is 36.4 Å². The lowest BCUT2D eigenvalue weighted by Gasteiger charge is -2.44. The second-order valence-corrected chi connectivity index (χ2v) is 16.3. The number of fused-ring (bicyclic) bond motifs is 1. The van der Waals surface area contributed by atoms with E-state index in [4.69, 9.17) is 29.1 Å². The van der Waals surface area contributed by atoms with E-state index in [2.05, 4.69) is 45.0 Å². The highest BCUT2D eigenvalue weighted by atomic mass is 28.4. The second kappa shape index (κ2) is 13.6. The molecule has 4 rings (SSSR count). The Morgan fingerprint density at radius 2 is 1.60 bits per heavy atom. The summed E-state index contributed by atoms with van der Waals surface area (Å²) < 4.78 is 28.9. The highest BCUT2D eigenvalue weighted by Crippen LogP contribution is 2.37. The number of aliphatic hydroxyl groups is 2. The van der Waals surface area contributed by atoms with Crippen molar-refractivity contribution >= 4 is 24.7 Å². The summed E-state index contributed by atoms with van der Waals surface area (Å²) in [5, 5.41) is 34.2. The lowest BCUT2D eigenvalue weighted by molar-refractivity contribution is -0.197. The van der Waals surface area contributed by atoms with Crippen molar-refractivity contribution < 1.29 is 43.5 Å². The maximum atomic E-state index is 12.3. The first-order valence-corrected chi connectivity index (χ1v) is 16.0. The number of aliphatic carboxylic acids is 1. The van der Waals surface area contributed by atoms with Crippen molar-refractivity contribution in [2.75, 3.05) is 34.1 Å². The topological polar surface area (TPSA) is 153 Å². The van der Waals surface area contributed by atoms with Gasteiger partial charge in [-0.15, -0.1) is 0 Å². The highest BCUT2D eigenvalue weighted by molar-refractivity contribution is 6.99. The second-order valence-electron chi connectivity index (χ2n) is 12.0. The largest absolute Gasteiger partial charge is 0.480 e. The molecule has 2 aliphatic heterocycles. The molecule has 8 atom stereocenters. The van der Waals surface area contributed by atoms with E-state index in [1.165, 1.54) is 19.1 Å². The van der Waals surface area contributed by atoms with E-state index in [9.17, 15) is 20.1 Å². The molecule has 2 fully saturated rings. The van der Waals surface area contributed by atoms with Crippen molar-refractivity contribution in [1.29, 1.82) is 0 Å². The minimum atomic E-state index is -2.89. The molecule has 0 bridgehead atoms.